The molecule has 0 saturated carbocycles. The van der Waals surface area contributed by atoms with Gasteiger partial charge in [-0.25, -0.2) is 4.98 Å². The monoisotopic (exact) mass is 535 g/mol. The molecule has 1 saturated heterocycles. The van der Waals surface area contributed by atoms with Gasteiger partial charge in [-0.15, -0.1) is 0 Å². The highest BCUT2D eigenvalue weighted by atomic mass is 35.5. The minimum absolute atomic E-state index is 0.279. The number of aromatic nitrogens is 5. The van der Waals surface area contributed by atoms with Crippen LogP contribution in [0.5, 0.6) is 0 Å². The SMILES string of the molecule is Cc1nc(Nc2ncc(C(=O)Nc3c(C)cccc3Cl)s2)nc(N2CCN(Cc3cccnc3)CC2)n1. The Balaban J connectivity index is 1.22. The number of aryl methyl sites for hydroxylation is 2. The van der Waals surface area contributed by atoms with Gasteiger partial charge in [-0.3, -0.25) is 20.0 Å². The lowest BCUT2D eigenvalue weighted by Crippen LogP contribution is -2.46. The molecule has 4 heterocycles. The quantitative estimate of drug-likeness (QED) is 0.357. The van der Waals surface area contributed by atoms with E-state index in [9.17, 15) is 4.79 Å². The average molecular weight is 536 g/mol. The molecule has 1 aliphatic heterocycles. The molecule has 1 aliphatic rings. The number of nitrogens with zero attached hydrogens (tertiary/aromatic N) is 7. The first-order valence-corrected chi connectivity index (χ1v) is 13.0. The van der Waals surface area contributed by atoms with Crippen LogP contribution in [-0.4, -0.2) is 61.9 Å². The number of carbonyl (C=O) groups is 1. The summed E-state index contributed by atoms with van der Waals surface area (Å²) in [7, 11) is 0. The molecule has 4 aromatic rings. The van der Waals surface area contributed by atoms with Crippen LogP contribution in [0.4, 0.5) is 22.7 Å². The van der Waals surface area contributed by atoms with Crippen molar-refractivity contribution >= 4 is 51.6 Å². The maximum atomic E-state index is 12.8. The third kappa shape index (κ3) is 6.19. The summed E-state index contributed by atoms with van der Waals surface area (Å²) in [6.45, 7) is 8.03. The van der Waals surface area contributed by atoms with Crippen LogP contribution >= 0.6 is 22.9 Å². The minimum atomic E-state index is -0.279. The summed E-state index contributed by atoms with van der Waals surface area (Å²) in [6.07, 6.45) is 5.22. The molecule has 5 rings (SSSR count). The fourth-order valence-corrected chi connectivity index (χ4v) is 4.99. The molecule has 37 heavy (non-hydrogen) atoms. The number of anilines is 4. The number of benzene rings is 1. The summed E-state index contributed by atoms with van der Waals surface area (Å²) in [5, 5.41) is 6.99. The van der Waals surface area contributed by atoms with Crippen molar-refractivity contribution in [2.45, 2.75) is 20.4 Å². The maximum Gasteiger partial charge on any atom is 0.267 e. The average Bonchev–Trinajstić information content (AvgIpc) is 3.35. The van der Waals surface area contributed by atoms with E-state index in [0.29, 0.717) is 38.4 Å². The molecular weight excluding hydrogens is 510 g/mol. The maximum absolute atomic E-state index is 12.8. The van der Waals surface area contributed by atoms with Crippen LogP contribution in [0.3, 0.4) is 0 Å². The van der Waals surface area contributed by atoms with E-state index in [4.69, 9.17) is 11.6 Å². The van der Waals surface area contributed by atoms with Gasteiger partial charge in [0.15, 0.2) is 5.13 Å². The Bertz CT molecular complexity index is 1370. The zero-order chi connectivity index (χ0) is 25.8. The summed E-state index contributed by atoms with van der Waals surface area (Å²) < 4.78 is 0. The molecule has 2 N–H and O–H groups in total. The highest BCUT2D eigenvalue weighted by Crippen LogP contribution is 2.28. The van der Waals surface area contributed by atoms with E-state index in [1.165, 1.54) is 23.1 Å². The van der Waals surface area contributed by atoms with Gasteiger partial charge in [0.05, 0.1) is 16.9 Å². The van der Waals surface area contributed by atoms with Gasteiger partial charge in [0, 0.05) is 45.1 Å². The molecule has 3 aromatic heterocycles. The molecule has 0 spiro atoms. The molecular formula is C25H26ClN9OS. The van der Waals surface area contributed by atoms with E-state index in [-0.39, 0.29) is 5.91 Å². The lowest BCUT2D eigenvalue weighted by Gasteiger charge is -2.34. The van der Waals surface area contributed by atoms with E-state index in [1.807, 2.05) is 38.2 Å². The second kappa shape index (κ2) is 11.2. The first-order valence-electron chi connectivity index (χ1n) is 11.8. The molecule has 1 fully saturated rings. The van der Waals surface area contributed by atoms with Crippen LogP contribution in [0.2, 0.25) is 5.02 Å². The topological polar surface area (TPSA) is 112 Å². The number of para-hydroxylation sites is 1. The largest absolute Gasteiger partial charge is 0.338 e. The minimum Gasteiger partial charge on any atom is -0.338 e. The predicted molar refractivity (Wildman–Crippen MR) is 146 cm³/mol. The molecule has 0 radical (unpaired) electrons. The van der Waals surface area contributed by atoms with Crippen molar-refractivity contribution in [2.75, 3.05) is 41.7 Å². The summed E-state index contributed by atoms with van der Waals surface area (Å²) in [6, 6.07) is 9.53. The fraction of sp³-hybridized carbons (Fsp3) is 0.280. The van der Waals surface area contributed by atoms with Gasteiger partial charge in [-0.05, 0) is 37.1 Å². The van der Waals surface area contributed by atoms with Gasteiger partial charge in [0.1, 0.15) is 10.7 Å². The van der Waals surface area contributed by atoms with E-state index in [0.717, 1.165) is 38.3 Å². The lowest BCUT2D eigenvalue weighted by molar-refractivity contribution is 0.103. The molecule has 190 valence electrons. The highest BCUT2D eigenvalue weighted by molar-refractivity contribution is 7.17. The standard InChI is InChI=1S/C25H26ClN9OS/c1-16-5-3-7-19(26)21(16)31-22(36)20-14-28-25(37-20)33-23-29-17(2)30-24(32-23)35-11-9-34(10-12-35)15-18-6-4-8-27-13-18/h3-8,13-14H,9-12,15H2,1-2H3,(H,31,36)(H,28,29,30,32,33). The number of carbonyl (C=O) groups excluding carboxylic acids is 1. The number of hydrogen-bond acceptors (Lipinski definition) is 10. The van der Waals surface area contributed by atoms with E-state index in [2.05, 4.69) is 51.4 Å². The van der Waals surface area contributed by atoms with Gasteiger partial charge < -0.3 is 10.2 Å². The zero-order valence-corrected chi connectivity index (χ0v) is 22.1. The van der Waals surface area contributed by atoms with Crippen LogP contribution in [-0.2, 0) is 6.54 Å². The Morgan fingerprint density at radius 3 is 2.65 bits per heavy atom. The highest BCUT2D eigenvalue weighted by Gasteiger charge is 2.21. The number of thiazole rings is 1. The van der Waals surface area contributed by atoms with Crippen LogP contribution in [0.1, 0.15) is 26.6 Å². The molecule has 10 nitrogen and oxygen atoms in total. The predicted octanol–water partition coefficient (Wildman–Crippen LogP) is 4.31. The molecule has 1 amide bonds. The van der Waals surface area contributed by atoms with Gasteiger partial charge in [0.25, 0.3) is 5.91 Å². The third-order valence-electron chi connectivity index (χ3n) is 5.93. The Hall–Kier alpha value is -3.67. The first kappa shape index (κ1) is 25.0. The van der Waals surface area contributed by atoms with Crippen LogP contribution < -0.4 is 15.5 Å². The Kier molecular flexibility index (Phi) is 7.54. The number of rotatable bonds is 7. The fourth-order valence-electron chi connectivity index (χ4n) is 4.02. The second-order valence-corrected chi connectivity index (χ2v) is 10.1. The lowest BCUT2D eigenvalue weighted by atomic mass is 10.2. The number of amides is 1. The van der Waals surface area contributed by atoms with Crippen molar-refractivity contribution in [2.24, 2.45) is 0 Å². The van der Waals surface area contributed by atoms with Crippen molar-refractivity contribution in [1.29, 1.82) is 0 Å². The van der Waals surface area contributed by atoms with E-state index in [1.54, 1.807) is 12.3 Å². The second-order valence-electron chi connectivity index (χ2n) is 8.67. The Morgan fingerprint density at radius 2 is 1.89 bits per heavy atom. The van der Waals surface area contributed by atoms with Gasteiger partial charge in [-0.1, -0.05) is 41.1 Å². The number of nitrogens with one attached hydrogen (secondary N) is 2. The summed E-state index contributed by atoms with van der Waals surface area (Å²) in [5.41, 5.74) is 2.68. The first-order chi connectivity index (χ1) is 17.9. The summed E-state index contributed by atoms with van der Waals surface area (Å²) in [4.78, 5) is 39.9. The van der Waals surface area contributed by atoms with Crippen LogP contribution in [0.15, 0.2) is 48.9 Å². The Labute approximate surface area is 223 Å². The third-order valence-corrected chi connectivity index (χ3v) is 7.15. The summed E-state index contributed by atoms with van der Waals surface area (Å²) >= 11 is 7.45. The smallest absolute Gasteiger partial charge is 0.267 e. The summed E-state index contributed by atoms with van der Waals surface area (Å²) in [5.74, 6) is 1.34. The molecule has 0 bridgehead atoms. The van der Waals surface area contributed by atoms with Crippen LogP contribution in [0.25, 0.3) is 0 Å². The molecule has 1 aromatic carbocycles. The van der Waals surface area contributed by atoms with Crippen LogP contribution in [0, 0.1) is 13.8 Å². The normalized spacial score (nSPS) is 14.0. The van der Waals surface area contributed by atoms with E-state index >= 15 is 0 Å². The van der Waals surface area contributed by atoms with Crippen molar-refractivity contribution < 1.29 is 4.79 Å². The molecule has 12 heteroatoms. The molecule has 0 aliphatic carbocycles. The molecule has 0 atom stereocenters. The zero-order valence-electron chi connectivity index (χ0n) is 20.5. The number of pyridine rings is 1. The number of piperazine rings is 1. The Morgan fingerprint density at radius 1 is 1.05 bits per heavy atom. The molecule has 0 unspecified atom stereocenters. The number of halogens is 1. The van der Waals surface area contributed by atoms with Gasteiger partial charge in [-0.2, -0.15) is 15.0 Å². The van der Waals surface area contributed by atoms with Crippen molar-refractivity contribution in [3.8, 4) is 0 Å². The van der Waals surface area contributed by atoms with E-state index < -0.39 is 0 Å². The van der Waals surface area contributed by atoms with Gasteiger partial charge in [0.2, 0.25) is 11.9 Å². The van der Waals surface area contributed by atoms with Crippen molar-refractivity contribution in [1.82, 2.24) is 29.8 Å². The van der Waals surface area contributed by atoms with Gasteiger partial charge >= 0.3 is 0 Å². The van der Waals surface area contributed by atoms with Crippen molar-refractivity contribution in [3.63, 3.8) is 0 Å². The number of hydrogen-bond donors (Lipinski definition) is 2. The van der Waals surface area contributed by atoms with Crippen molar-refractivity contribution in [3.05, 3.63) is 75.8 Å².